The zero-order chi connectivity index (χ0) is 16.3. The molecule has 2 rings (SSSR count). The Bertz CT molecular complexity index is 598. The summed E-state index contributed by atoms with van der Waals surface area (Å²) < 4.78 is 5.39. The standard InChI is InChI=1S/C15H22N4O3/c1-9(2)19-6-5-10-7-12(4-3-11(10)8-19)22-14(16)13(18-17)15(20)21/h3-4,7,9,18H,5-6,8,16-17H2,1-2H3,(H,20,21)/b14-13+. The first-order valence-electron chi connectivity index (χ1n) is 7.15. The summed E-state index contributed by atoms with van der Waals surface area (Å²) in [5.74, 6) is 4.09. The van der Waals surface area contributed by atoms with E-state index in [0.717, 1.165) is 19.5 Å². The van der Waals surface area contributed by atoms with Crippen LogP contribution in [0.4, 0.5) is 0 Å². The highest BCUT2D eigenvalue weighted by Crippen LogP contribution is 2.25. The Morgan fingerprint density at radius 3 is 2.73 bits per heavy atom. The van der Waals surface area contributed by atoms with Gasteiger partial charge in [-0.3, -0.25) is 10.7 Å². The average molecular weight is 306 g/mol. The van der Waals surface area contributed by atoms with Crippen molar-refractivity contribution in [1.82, 2.24) is 10.3 Å². The average Bonchev–Trinajstić information content (AvgIpc) is 2.46. The van der Waals surface area contributed by atoms with Crippen LogP contribution in [0.3, 0.4) is 0 Å². The number of nitrogens with zero attached hydrogens (tertiary/aromatic N) is 1. The predicted molar refractivity (Wildman–Crippen MR) is 82.5 cm³/mol. The molecule has 1 aromatic carbocycles. The number of hydrogen-bond donors (Lipinski definition) is 4. The molecular formula is C15H22N4O3. The van der Waals surface area contributed by atoms with E-state index in [2.05, 4.69) is 18.7 Å². The van der Waals surface area contributed by atoms with Crippen LogP contribution in [0.15, 0.2) is 29.8 Å². The molecule has 0 aromatic heterocycles. The maximum absolute atomic E-state index is 10.9. The van der Waals surface area contributed by atoms with Crippen LogP contribution in [-0.4, -0.2) is 28.6 Å². The molecule has 1 aliphatic heterocycles. The largest absolute Gasteiger partial charge is 0.476 e. The maximum Gasteiger partial charge on any atom is 0.358 e. The van der Waals surface area contributed by atoms with Gasteiger partial charge in [-0.05, 0) is 43.5 Å². The predicted octanol–water partition coefficient (Wildman–Crippen LogP) is 0.508. The van der Waals surface area contributed by atoms with Crippen molar-refractivity contribution >= 4 is 5.97 Å². The number of nitrogens with one attached hydrogen (secondary N) is 1. The van der Waals surface area contributed by atoms with Crippen molar-refractivity contribution in [2.24, 2.45) is 11.6 Å². The van der Waals surface area contributed by atoms with Gasteiger partial charge in [0.1, 0.15) is 5.75 Å². The van der Waals surface area contributed by atoms with Gasteiger partial charge < -0.3 is 21.0 Å². The highest BCUT2D eigenvalue weighted by atomic mass is 16.5. The van der Waals surface area contributed by atoms with Crippen molar-refractivity contribution in [3.05, 3.63) is 40.9 Å². The van der Waals surface area contributed by atoms with E-state index in [1.54, 1.807) is 6.07 Å². The van der Waals surface area contributed by atoms with Gasteiger partial charge >= 0.3 is 5.97 Å². The Labute approximate surface area is 129 Å². The Balaban J connectivity index is 2.18. The molecular weight excluding hydrogens is 284 g/mol. The third kappa shape index (κ3) is 3.49. The number of carboxylic acid groups (broad SMARTS) is 1. The second-order valence-electron chi connectivity index (χ2n) is 5.54. The molecule has 0 radical (unpaired) electrons. The third-order valence-electron chi connectivity index (χ3n) is 3.78. The van der Waals surface area contributed by atoms with E-state index in [9.17, 15) is 4.79 Å². The van der Waals surface area contributed by atoms with Gasteiger partial charge in [0.15, 0.2) is 5.70 Å². The van der Waals surface area contributed by atoms with Crippen molar-refractivity contribution < 1.29 is 14.6 Å². The zero-order valence-electron chi connectivity index (χ0n) is 12.8. The van der Waals surface area contributed by atoms with Gasteiger partial charge in [-0.1, -0.05) is 6.07 Å². The molecule has 0 bridgehead atoms. The molecule has 1 aliphatic rings. The summed E-state index contributed by atoms with van der Waals surface area (Å²) in [6.07, 6.45) is 0.926. The molecule has 0 aliphatic carbocycles. The number of ether oxygens (including phenoxy) is 1. The molecule has 0 saturated heterocycles. The monoisotopic (exact) mass is 306 g/mol. The van der Waals surface area contributed by atoms with Gasteiger partial charge in [0, 0.05) is 19.1 Å². The summed E-state index contributed by atoms with van der Waals surface area (Å²) in [6, 6.07) is 6.18. The van der Waals surface area contributed by atoms with Crippen LogP contribution >= 0.6 is 0 Å². The fourth-order valence-corrected chi connectivity index (χ4v) is 2.47. The summed E-state index contributed by atoms with van der Waals surface area (Å²) in [5.41, 5.74) is 9.73. The number of hydrogen-bond acceptors (Lipinski definition) is 6. The number of benzene rings is 1. The van der Waals surface area contributed by atoms with Gasteiger partial charge in [-0.25, -0.2) is 4.79 Å². The second-order valence-corrected chi connectivity index (χ2v) is 5.54. The van der Waals surface area contributed by atoms with E-state index in [-0.39, 0.29) is 11.6 Å². The van der Waals surface area contributed by atoms with E-state index < -0.39 is 5.97 Å². The molecule has 0 fully saturated rings. The maximum atomic E-state index is 10.9. The van der Waals surface area contributed by atoms with E-state index >= 15 is 0 Å². The van der Waals surface area contributed by atoms with Crippen LogP contribution in [0.5, 0.6) is 5.75 Å². The van der Waals surface area contributed by atoms with E-state index in [1.807, 2.05) is 17.6 Å². The van der Waals surface area contributed by atoms with Gasteiger partial charge in [0.2, 0.25) is 5.88 Å². The minimum atomic E-state index is -1.27. The van der Waals surface area contributed by atoms with Crippen molar-refractivity contribution in [2.45, 2.75) is 32.9 Å². The molecule has 6 N–H and O–H groups in total. The van der Waals surface area contributed by atoms with Gasteiger partial charge in [0.25, 0.3) is 0 Å². The lowest BCUT2D eigenvalue weighted by Gasteiger charge is -2.32. The fourth-order valence-electron chi connectivity index (χ4n) is 2.47. The van der Waals surface area contributed by atoms with Crippen molar-refractivity contribution in [3.63, 3.8) is 0 Å². The van der Waals surface area contributed by atoms with Crippen LogP contribution in [-0.2, 0) is 17.8 Å². The molecule has 120 valence electrons. The second kappa shape index (κ2) is 6.67. The lowest BCUT2D eigenvalue weighted by atomic mass is 9.98. The highest BCUT2D eigenvalue weighted by molar-refractivity contribution is 5.86. The van der Waals surface area contributed by atoms with Gasteiger partial charge in [-0.2, -0.15) is 0 Å². The lowest BCUT2D eigenvalue weighted by Crippen LogP contribution is -2.35. The number of hydrazine groups is 1. The molecule has 1 heterocycles. The van der Waals surface area contributed by atoms with Crippen LogP contribution in [0.25, 0.3) is 0 Å². The normalized spacial score (nSPS) is 16.0. The van der Waals surface area contributed by atoms with Gasteiger partial charge in [0.05, 0.1) is 0 Å². The minimum Gasteiger partial charge on any atom is -0.476 e. The lowest BCUT2D eigenvalue weighted by molar-refractivity contribution is -0.133. The molecule has 0 atom stereocenters. The quantitative estimate of drug-likeness (QED) is 0.271. The molecule has 0 unspecified atom stereocenters. The van der Waals surface area contributed by atoms with E-state index in [1.165, 1.54) is 11.1 Å². The molecule has 0 saturated carbocycles. The Hall–Kier alpha value is -2.25. The number of carboxylic acids is 1. The zero-order valence-corrected chi connectivity index (χ0v) is 12.8. The summed E-state index contributed by atoms with van der Waals surface area (Å²) >= 11 is 0. The number of carbonyl (C=O) groups is 1. The van der Waals surface area contributed by atoms with E-state index in [0.29, 0.717) is 11.8 Å². The van der Waals surface area contributed by atoms with Crippen LogP contribution in [0.2, 0.25) is 0 Å². The topological polar surface area (TPSA) is 114 Å². The first-order chi connectivity index (χ1) is 10.4. The summed E-state index contributed by atoms with van der Waals surface area (Å²) in [4.78, 5) is 13.3. The molecule has 22 heavy (non-hydrogen) atoms. The smallest absolute Gasteiger partial charge is 0.358 e. The van der Waals surface area contributed by atoms with Crippen LogP contribution < -0.4 is 21.7 Å². The Kier molecular flexibility index (Phi) is 4.89. The number of nitrogens with two attached hydrogens (primary N) is 2. The van der Waals surface area contributed by atoms with Gasteiger partial charge in [-0.15, -0.1) is 0 Å². The number of fused-ring (bicyclic) bond motifs is 1. The third-order valence-corrected chi connectivity index (χ3v) is 3.78. The van der Waals surface area contributed by atoms with Crippen molar-refractivity contribution in [3.8, 4) is 5.75 Å². The van der Waals surface area contributed by atoms with Crippen molar-refractivity contribution in [2.75, 3.05) is 6.54 Å². The summed E-state index contributed by atoms with van der Waals surface area (Å²) in [6.45, 7) is 6.26. The fraction of sp³-hybridized carbons (Fsp3) is 0.400. The highest BCUT2D eigenvalue weighted by Gasteiger charge is 2.19. The van der Waals surface area contributed by atoms with E-state index in [4.69, 9.17) is 21.4 Å². The van der Waals surface area contributed by atoms with Crippen LogP contribution in [0, 0.1) is 0 Å². The first-order valence-corrected chi connectivity index (χ1v) is 7.15. The Morgan fingerprint density at radius 2 is 2.14 bits per heavy atom. The minimum absolute atomic E-state index is 0.269. The number of aliphatic carboxylic acids is 1. The molecule has 0 spiro atoms. The molecule has 1 aromatic rings. The summed E-state index contributed by atoms with van der Waals surface area (Å²) in [7, 11) is 0. The van der Waals surface area contributed by atoms with Crippen LogP contribution in [0.1, 0.15) is 25.0 Å². The molecule has 7 nitrogen and oxygen atoms in total. The summed E-state index contributed by atoms with van der Waals surface area (Å²) in [5, 5.41) is 8.93. The van der Waals surface area contributed by atoms with Crippen molar-refractivity contribution in [1.29, 1.82) is 0 Å². The Morgan fingerprint density at radius 1 is 1.41 bits per heavy atom. The first kappa shape index (κ1) is 16.1. The molecule has 0 amide bonds. The number of rotatable bonds is 5. The SMILES string of the molecule is CC(C)N1CCc2cc(O/C(N)=C(/NN)C(=O)O)ccc2C1. The molecule has 7 heteroatoms.